The lowest BCUT2D eigenvalue weighted by Gasteiger charge is -2.06. The van der Waals surface area contributed by atoms with Crippen LogP contribution in [0.25, 0.3) is 0 Å². The second kappa shape index (κ2) is 4.34. The van der Waals surface area contributed by atoms with Crippen LogP contribution in [0.4, 0.5) is 0 Å². The molecule has 7 heteroatoms. The highest BCUT2D eigenvalue weighted by atomic mass is 32.2. The van der Waals surface area contributed by atoms with E-state index in [1.165, 1.54) is 6.07 Å². The third-order valence-electron chi connectivity index (χ3n) is 3.21. The number of hydrogen-bond acceptors (Lipinski definition) is 3. The summed E-state index contributed by atoms with van der Waals surface area (Å²) in [6.07, 6.45) is 0.468. The fraction of sp³-hybridized carbons (Fsp3) is 0.333. The number of amides is 1. The molecule has 1 atom stereocenters. The smallest absolute Gasteiger partial charge is 0.280 e. The van der Waals surface area contributed by atoms with E-state index in [0.29, 0.717) is 12.0 Å². The number of guanidine groups is 1. The molecule has 0 saturated carbocycles. The number of fused-ring (bicyclic) bond motifs is 1. The molecule has 0 fully saturated rings. The van der Waals surface area contributed by atoms with Crippen LogP contribution in [0.3, 0.4) is 0 Å². The van der Waals surface area contributed by atoms with Gasteiger partial charge in [0.05, 0.1) is 10.1 Å². The molecule has 1 unspecified atom stereocenters. The molecule has 1 heterocycles. The standard InChI is InChI=1S/C12H15N3O3S/c1-6-3-8-4-7(2)19(17,18)10(8)5-9(6)11(16)15-12(13)14/h3,5,7H,4H2,1-2H3,(H4,13,14,15,16). The number of carbonyl (C=O) groups is 1. The highest BCUT2D eigenvalue weighted by Crippen LogP contribution is 2.33. The van der Waals surface area contributed by atoms with E-state index >= 15 is 0 Å². The van der Waals surface area contributed by atoms with Crippen LogP contribution in [0.1, 0.15) is 28.4 Å². The summed E-state index contributed by atoms with van der Waals surface area (Å²) in [4.78, 5) is 15.5. The van der Waals surface area contributed by atoms with E-state index in [9.17, 15) is 13.2 Å². The van der Waals surface area contributed by atoms with Crippen LogP contribution in [0.15, 0.2) is 22.0 Å². The fourth-order valence-corrected chi connectivity index (χ4v) is 3.84. The van der Waals surface area contributed by atoms with E-state index in [1.807, 2.05) is 0 Å². The average Bonchev–Trinajstić information content (AvgIpc) is 2.47. The Kier molecular flexibility index (Phi) is 3.09. The van der Waals surface area contributed by atoms with E-state index in [-0.39, 0.29) is 16.4 Å². The van der Waals surface area contributed by atoms with Gasteiger partial charge in [-0.1, -0.05) is 6.07 Å². The summed E-state index contributed by atoms with van der Waals surface area (Å²) in [6, 6.07) is 3.09. The largest absolute Gasteiger partial charge is 0.370 e. The summed E-state index contributed by atoms with van der Waals surface area (Å²) in [5, 5.41) is -0.463. The topological polar surface area (TPSA) is 116 Å². The summed E-state index contributed by atoms with van der Waals surface area (Å²) in [6.45, 7) is 3.38. The molecule has 0 aliphatic carbocycles. The van der Waals surface area contributed by atoms with Crippen LogP contribution < -0.4 is 11.5 Å². The molecule has 1 aliphatic heterocycles. The van der Waals surface area contributed by atoms with Crippen molar-refractivity contribution < 1.29 is 13.2 Å². The number of rotatable bonds is 1. The van der Waals surface area contributed by atoms with Crippen molar-refractivity contribution in [2.45, 2.75) is 30.4 Å². The summed E-state index contributed by atoms with van der Waals surface area (Å²) in [5.74, 6) is -0.976. The molecular weight excluding hydrogens is 266 g/mol. The van der Waals surface area contributed by atoms with Crippen molar-refractivity contribution in [3.8, 4) is 0 Å². The molecule has 1 aliphatic rings. The minimum atomic E-state index is -3.35. The lowest BCUT2D eigenvalue weighted by atomic mass is 10.0. The average molecular weight is 281 g/mol. The van der Waals surface area contributed by atoms with Gasteiger partial charge in [0.2, 0.25) is 0 Å². The number of hydrogen-bond donors (Lipinski definition) is 2. The van der Waals surface area contributed by atoms with Gasteiger partial charge in [0.25, 0.3) is 5.91 Å². The molecule has 0 saturated heterocycles. The monoisotopic (exact) mass is 281 g/mol. The first-order chi connectivity index (χ1) is 8.73. The molecule has 19 heavy (non-hydrogen) atoms. The van der Waals surface area contributed by atoms with Gasteiger partial charge in [-0.25, -0.2) is 8.42 Å². The zero-order chi connectivity index (χ0) is 14.4. The van der Waals surface area contributed by atoms with Crippen molar-refractivity contribution in [2.24, 2.45) is 16.5 Å². The number of nitrogens with two attached hydrogens (primary N) is 2. The highest BCUT2D eigenvalue weighted by molar-refractivity contribution is 7.92. The van der Waals surface area contributed by atoms with Gasteiger partial charge in [0, 0.05) is 5.56 Å². The molecule has 0 bridgehead atoms. The van der Waals surface area contributed by atoms with Crippen LogP contribution in [0.5, 0.6) is 0 Å². The molecule has 6 nitrogen and oxygen atoms in total. The number of sulfone groups is 1. The van der Waals surface area contributed by atoms with Crippen molar-refractivity contribution in [3.05, 3.63) is 28.8 Å². The van der Waals surface area contributed by atoms with Crippen molar-refractivity contribution in [1.29, 1.82) is 0 Å². The molecule has 1 aromatic carbocycles. The molecule has 2 rings (SSSR count). The highest BCUT2D eigenvalue weighted by Gasteiger charge is 2.34. The summed E-state index contributed by atoms with van der Waals surface area (Å²) >= 11 is 0. The predicted molar refractivity (Wildman–Crippen MR) is 71.7 cm³/mol. The van der Waals surface area contributed by atoms with Gasteiger partial charge in [0.1, 0.15) is 0 Å². The van der Waals surface area contributed by atoms with Crippen molar-refractivity contribution >= 4 is 21.7 Å². The van der Waals surface area contributed by atoms with E-state index in [2.05, 4.69) is 4.99 Å². The van der Waals surface area contributed by atoms with E-state index in [0.717, 1.165) is 5.56 Å². The summed E-state index contributed by atoms with van der Waals surface area (Å²) in [7, 11) is -3.35. The first-order valence-electron chi connectivity index (χ1n) is 5.75. The Balaban J connectivity index is 2.61. The first-order valence-corrected chi connectivity index (χ1v) is 7.29. The van der Waals surface area contributed by atoms with Gasteiger partial charge in [-0.15, -0.1) is 0 Å². The van der Waals surface area contributed by atoms with E-state index in [4.69, 9.17) is 11.5 Å². The van der Waals surface area contributed by atoms with Gasteiger partial charge in [-0.05, 0) is 37.5 Å². The number of aryl methyl sites for hydroxylation is 1. The van der Waals surface area contributed by atoms with Crippen LogP contribution in [0, 0.1) is 6.92 Å². The van der Waals surface area contributed by atoms with Gasteiger partial charge in [-0.3, -0.25) is 4.79 Å². The molecule has 4 N–H and O–H groups in total. The molecule has 0 radical (unpaired) electrons. The predicted octanol–water partition coefficient (Wildman–Crippen LogP) is 0.127. The van der Waals surface area contributed by atoms with Crippen molar-refractivity contribution in [3.63, 3.8) is 0 Å². The minimum Gasteiger partial charge on any atom is -0.370 e. The fourth-order valence-electron chi connectivity index (χ4n) is 2.22. The second-order valence-electron chi connectivity index (χ2n) is 4.68. The van der Waals surface area contributed by atoms with E-state index < -0.39 is 21.0 Å². The maximum atomic E-state index is 12.1. The minimum absolute atomic E-state index is 0.208. The molecular formula is C12H15N3O3S. The molecule has 1 aromatic rings. The number of benzene rings is 1. The summed E-state index contributed by atoms with van der Waals surface area (Å²) < 4.78 is 24.2. The Morgan fingerprint density at radius 3 is 2.58 bits per heavy atom. The van der Waals surface area contributed by atoms with E-state index in [1.54, 1.807) is 19.9 Å². The zero-order valence-electron chi connectivity index (χ0n) is 10.7. The second-order valence-corrected chi connectivity index (χ2v) is 7.01. The molecule has 0 spiro atoms. The Labute approximate surface area is 111 Å². The Bertz CT molecular complexity index is 688. The van der Waals surface area contributed by atoms with Crippen molar-refractivity contribution in [2.75, 3.05) is 0 Å². The Hall–Kier alpha value is -1.89. The van der Waals surface area contributed by atoms with Gasteiger partial charge >= 0.3 is 0 Å². The van der Waals surface area contributed by atoms with Crippen LogP contribution in [0.2, 0.25) is 0 Å². The molecule has 0 aromatic heterocycles. The lowest BCUT2D eigenvalue weighted by molar-refractivity contribution is 0.100. The van der Waals surface area contributed by atoms with Crippen LogP contribution in [-0.4, -0.2) is 25.5 Å². The lowest BCUT2D eigenvalue weighted by Crippen LogP contribution is -2.24. The van der Waals surface area contributed by atoms with Gasteiger partial charge < -0.3 is 11.5 Å². The van der Waals surface area contributed by atoms with Gasteiger partial charge in [0.15, 0.2) is 15.8 Å². The van der Waals surface area contributed by atoms with Crippen LogP contribution >= 0.6 is 0 Å². The SMILES string of the molecule is Cc1cc2c(cc1C(=O)N=C(N)N)S(=O)(=O)C(C)C2. The normalized spacial score (nSPS) is 19.8. The number of nitrogens with zero attached hydrogens (tertiary/aromatic N) is 1. The third-order valence-corrected chi connectivity index (χ3v) is 5.43. The molecule has 1 amide bonds. The van der Waals surface area contributed by atoms with Crippen LogP contribution in [-0.2, 0) is 16.3 Å². The molecule has 102 valence electrons. The maximum absolute atomic E-state index is 12.1. The van der Waals surface area contributed by atoms with Crippen molar-refractivity contribution in [1.82, 2.24) is 0 Å². The Morgan fingerprint density at radius 1 is 1.37 bits per heavy atom. The zero-order valence-corrected chi connectivity index (χ0v) is 11.5. The number of carbonyl (C=O) groups excluding carboxylic acids is 1. The third kappa shape index (κ3) is 2.21. The maximum Gasteiger partial charge on any atom is 0.280 e. The number of aliphatic imine (C=N–C) groups is 1. The van der Waals surface area contributed by atoms with Gasteiger partial charge in [-0.2, -0.15) is 4.99 Å². The summed E-state index contributed by atoms with van der Waals surface area (Å²) in [5.41, 5.74) is 11.9. The Morgan fingerprint density at radius 2 is 2.00 bits per heavy atom. The quantitative estimate of drug-likeness (QED) is 0.560. The first kappa shape index (κ1) is 13.5.